The van der Waals surface area contributed by atoms with Crippen LogP contribution in [0.2, 0.25) is 0 Å². The van der Waals surface area contributed by atoms with Gasteiger partial charge in [-0.1, -0.05) is 34.6 Å². The first-order chi connectivity index (χ1) is 9.73. The van der Waals surface area contributed by atoms with Gasteiger partial charge in [-0.05, 0) is 52.4 Å². The van der Waals surface area contributed by atoms with Crippen molar-refractivity contribution in [1.82, 2.24) is 9.96 Å². The first-order valence-electron chi connectivity index (χ1n) is 8.55. The van der Waals surface area contributed by atoms with Crippen molar-refractivity contribution in [1.29, 1.82) is 0 Å². The van der Waals surface area contributed by atoms with Crippen LogP contribution in [0.3, 0.4) is 0 Å². The van der Waals surface area contributed by atoms with Crippen LogP contribution in [-0.2, 0) is 4.79 Å². The Balaban J connectivity index is 3.29. The van der Waals surface area contributed by atoms with Gasteiger partial charge in [0.15, 0.2) is 0 Å². The third-order valence-electron chi connectivity index (χ3n) is 5.03. The van der Waals surface area contributed by atoms with E-state index in [9.17, 15) is 10.0 Å². The van der Waals surface area contributed by atoms with Gasteiger partial charge < -0.3 is 10.1 Å². The van der Waals surface area contributed by atoms with E-state index >= 15 is 0 Å². The lowest BCUT2D eigenvalue weighted by Crippen LogP contribution is -2.74. The van der Waals surface area contributed by atoms with Gasteiger partial charge in [0.25, 0.3) is 0 Å². The van der Waals surface area contributed by atoms with Crippen LogP contribution < -0.4 is 0 Å². The summed E-state index contributed by atoms with van der Waals surface area (Å²) in [5.74, 6) is 0.0635. The highest BCUT2D eigenvalue weighted by Gasteiger charge is 2.56. The SMILES string of the molecule is CCC1(CC)C(=O)N(C(C)(C)CC(C)(C)C)CC(C)(C)N1O. The normalized spacial score (nSPS) is 23.0. The molecule has 1 rings (SSSR count). The zero-order valence-electron chi connectivity index (χ0n) is 16.1. The molecule has 0 aliphatic carbocycles. The third-order valence-corrected chi connectivity index (χ3v) is 5.03. The highest BCUT2D eigenvalue weighted by atomic mass is 16.5. The van der Waals surface area contributed by atoms with Crippen LogP contribution in [0.15, 0.2) is 0 Å². The molecule has 1 aliphatic heterocycles. The first kappa shape index (κ1) is 19.4. The summed E-state index contributed by atoms with van der Waals surface area (Å²) in [4.78, 5) is 15.3. The van der Waals surface area contributed by atoms with Crippen molar-refractivity contribution in [3.8, 4) is 0 Å². The van der Waals surface area contributed by atoms with E-state index in [1.807, 2.05) is 32.6 Å². The molecule has 0 aromatic heterocycles. The van der Waals surface area contributed by atoms with Crippen molar-refractivity contribution in [3.63, 3.8) is 0 Å². The van der Waals surface area contributed by atoms with E-state index in [1.54, 1.807) is 0 Å². The predicted molar refractivity (Wildman–Crippen MR) is 90.9 cm³/mol. The summed E-state index contributed by atoms with van der Waals surface area (Å²) in [5.41, 5.74) is -1.35. The van der Waals surface area contributed by atoms with E-state index in [4.69, 9.17) is 0 Å². The molecule has 0 spiro atoms. The Labute approximate surface area is 136 Å². The lowest BCUT2D eigenvalue weighted by molar-refractivity contribution is -0.263. The average Bonchev–Trinajstić information content (AvgIpc) is 2.33. The highest BCUT2D eigenvalue weighted by Crippen LogP contribution is 2.41. The minimum atomic E-state index is -0.809. The van der Waals surface area contributed by atoms with Crippen LogP contribution >= 0.6 is 0 Å². The minimum absolute atomic E-state index is 0.0635. The summed E-state index contributed by atoms with van der Waals surface area (Å²) in [6, 6.07) is 0. The number of rotatable bonds is 4. The molecule has 0 aromatic rings. The van der Waals surface area contributed by atoms with E-state index in [1.165, 1.54) is 5.06 Å². The Bertz CT molecular complexity index is 417. The maximum atomic E-state index is 13.3. The number of amides is 1. The number of piperazine rings is 1. The Morgan fingerprint density at radius 2 is 1.55 bits per heavy atom. The first-order valence-corrected chi connectivity index (χ1v) is 8.55. The molecule has 0 aromatic carbocycles. The molecule has 0 atom stereocenters. The number of hydroxylamine groups is 2. The summed E-state index contributed by atoms with van der Waals surface area (Å²) in [5, 5.41) is 12.0. The molecule has 22 heavy (non-hydrogen) atoms. The van der Waals surface area contributed by atoms with Gasteiger partial charge >= 0.3 is 0 Å². The van der Waals surface area contributed by atoms with Gasteiger partial charge in [-0.3, -0.25) is 4.79 Å². The molecule has 1 fully saturated rings. The molecule has 1 heterocycles. The predicted octanol–water partition coefficient (Wildman–Crippen LogP) is 4.07. The van der Waals surface area contributed by atoms with Gasteiger partial charge in [-0.2, -0.15) is 5.06 Å². The second-order valence-electron chi connectivity index (χ2n) is 9.30. The summed E-state index contributed by atoms with van der Waals surface area (Å²) >= 11 is 0. The Morgan fingerprint density at radius 3 is 1.91 bits per heavy atom. The second kappa shape index (κ2) is 5.79. The van der Waals surface area contributed by atoms with Crippen molar-refractivity contribution in [2.75, 3.05) is 6.54 Å². The number of carbonyl (C=O) groups is 1. The van der Waals surface area contributed by atoms with Crippen LogP contribution in [0.5, 0.6) is 0 Å². The van der Waals surface area contributed by atoms with Crippen molar-refractivity contribution in [2.45, 2.75) is 98.2 Å². The standard InChI is InChI=1S/C18H36N2O2/c1-10-18(11-2)14(21)19(13-17(8,9)20(18)22)16(6,7)12-15(3,4)5/h22H,10-13H2,1-9H3. The number of nitrogens with zero attached hydrogens (tertiary/aromatic N) is 2. The van der Waals surface area contributed by atoms with Gasteiger partial charge in [0.1, 0.15) is 5.54 Å². The highest BCUT2D eigenvalue weighted by molar-refractivity contribution is 5.88. The fraction of sp³-hybridized carbons (Fsp3) is 0.944. The van der Waals surface area contributed by atoms with Crippen molar-refractivity contribution >= 4 is 5.91 Å². The van der Waals surface area contributed by atoms with Crippen molar-refractivity contribution in [2.24, 2.45) is 5.41 Å². The van der Waals surface area contributed by atoms with Crippen molar-refractivity contribution in [3.05, 3.63) is 0 Å². The summed E-state index contributed by atoms with van der Waals surface area (Å²) in [7, 11) is 0. The van der Waals surface area contributed by atoms with E-state index in [0.29, 0.717) is 19.4 Å². The molecule has 0 unspecified atom stereocenters. The quantitative estimate of drug-likeness (QED) is 0.851. The van der Waals surface area contributed by atoms with Crippen LogP contribution in [0.4, 0.5) is 0 Å². The van der Waals surface area contributed by atoms with Crippen molar-refractivity contribution < 1.29 is 10.0 Å². The van der Waals surface area contributed by atoms with E-state index in [0.717, 1.165) is 6.42 Å². The molecular weight excluding hydrogens is 276 g/mol. The molecule has 130 valence electrons. The van der Waals surface area contributed by atoms with Gasteiger partial charge in [-0.25, -0.2) is 0 Å². The van der Waals surface area contributed by atoms with E-state index in [-0.39, 0.29) is 16.9 Å². The van der Waals surface area contributed by atoms with Gasteiger partial charge in [0.05, 0.1) is 5.54 Å². The Kier molecular flexibility index (Phi) is 5.11. The van der Waals surface area contributed by atoms with Gasteiger partial charge in [-0.15, -0.1) is 0 Å². The molecule has 0 bridgehead atoms. The molecular formula is C18H36N2O2. The minimum Gasteiger partial charge on any atom is -0.334 e. The number of carbonyl (C=O) groups excluding carboxylic acids is 1. The zero-order valence-corrected chi connectivity index (χ0v) is 16.1. The van der Waals surface area contributed by atoms with Gasteiger partial charge in [0, 0.05) is 12.1 Å². The fourth-order valence-electron chi connectivity index (χ4n) is 4.18. The maximum absolute atomic E-state index is 13.3. The molecule has 1 N–H and O–H groups in total. The average molecular weight is 312 g/mol. The Hall–Kier alpha value is -0.610. The van der Waals surface area contributed by atoms with Gasteiger partial charge in [0.2, 0.25) is 5.91 Å². The lowest BCUT2D eigenvalue weighted by atomic mass is 9.76. The molecule has 4 nitrogen and oxygen atoms in total. The van der Waals surface area contributed by atoms with E-state index < -0.39 is 11.1 Å². The van der Waals surface area contributed by atoms with Crippen LogP contribution in [0.1, 0.15) is 81.6 Å². The van der Waals surface area contributed by atoms with Crippen LogP contribution in [0, 0.1) is 5.41 Å². The topological polar surface area (TPSA) is 43.8 Å². The lowest BCUT2D eigenvalue weighted by Gasteiger charge is -2.58. The molecule has 4 heteroatoms. The Morgan fingerprint density at radius 1 is 1.09 bits per heavy atom. The van der Waals surface area contributed by atoms with Crippen LogP contribution in [0.25, 0.3) is 0 Å². The maximum Gasteiger partial charge on any atom is 0.245 e. The molecule has 1 aliphatic rings. The monoisotopic (exact) mass is 312 g/mol. The molecule has 0 radical (unpaired) electrons. The molecule has 1 amide bonds. The summed E-state index contributed by atoms with van der Waals surface area (Å²) in [6.45, 7) is 19.5. The zero-order chi connectivity index (χ0) is 17.6. The molecule has 1 saturated heterocycles. The van der Waals surface area contributed by atoms with E-state index in [2.05, 4.69) is 34.6 Å². The molecule has 0 saturated carbocycles. The third kappa shape index (κ3) is 3.33. The fourth-order valence-corrected chi connectivity index (χ4v) is 4.18. The largest absolute Gasteiger partial charge is 0.334 e. The smallest absolute Gasteiger partial charge is 0.245 e. The number of hydrogen-bond acceptors (Lipinski definition) is 3. The number of hydrogen-bond donors (Lipinski definition) is 1. The summed E-state index contributed by atoms with van der Waals surface area (Å²) < 4.78 is 0. The van der Waals surface area contributed by atoms with Crippen LogP contribution in [-0.4, -0.2) is 44.2 Å². The second-order valence-corrected chi connectivity index (χ2v) is 9.30. The summed E-state index contributed by atoms with van der Waals surface area (Å²) in [6.07, 6.45) is 2.16.